The number of likely N-dealkylation sites (N-methyl/N-ethyl adjacent to an activating group) is 1. The van der Waals surface area contributed by atoms with Crippen LogP contribution in [0, 0.1) is 0 Å². The number of hydrogen-bond donors (Lipinski definition) is 2. The van der Waals surface area contributed by atoms with Crippen molar-refractivity contribution in [2.24, 2.45) is 0 Å². The van der Waals surface area contributed by atoms with Crippen LogP contribution in [-0.4, -0.2) is 31.1 Å². The minimum absolute atomic E-state index is 0.00510. The van der Waals surface area contributed by atoms with Crippen LogP contribution in [0.4, 0.5) is 5.00 Å². The summed E-state index contributed by atoms with van der Waals surface area (Å²) in [7, 11) is 2.17. The monoisotopic (exact) mass is 292 g/mol. The van der Waals surface area contributed by atoms with Crippen LogP contribution in [-0.2, 0) is 17.8 Å². The molecule has 106 valence electrons. The summed E-state index contributed by atoms with van der Waals surface area (Å²) in [6, 6.07) is 0. The Morgan fingerprint density at radius 3 is 2.95 bits per heavy atom. The van der Waals surface area contributed by atoms with Crippen LogP contribution in [0.1, 0.15) is 40.6 Å². The Morgan fingerprint density at radius 1 is 1.35 bits per heavy atom. The molecule has 2 N–H and O–H groups in total. The molecule has 1 aromatic heterocycles. The van der Waals surface area contributed by atoms with Crippen LogP contribution in [0.5, 0.6) is 0 Å². The Hall–Kier alpha value is -1.40. The van der Waals surface area contributed by atoms with Crippen LogP contribution >= 0.6 is 11.3 Å². The molecule has 0 bridgehead atoms. The van der Waals surface area contributed by atoms with Crippen LogP contribution in [0.25, 0.3) is 0 Å². The first-order chi connectivity index (χ1) is 9.49. The number of nitrogens with one attached hydrogen (secondary N) is 2. The molecule has 2 amide bonds. The number of carbonyl (C=O) groups is 2. The van der Waals surface area contributed by atoms with Gasteiger partial charge in [-0.15, -0.1) is 11.3 Å². The first-order valence-electron chi connectivity index (χ1n) is 7.11. The molecule has 0 aromatic carbocycles. The second-order valence-electron chi connectivity index (χ2n) is 6.27. The van der Waals surface area contributed by atoms with Crippen LogP contribution in [0.3, 0.4) is 0 Å². The van der Waals surface area contributed by atoms with Gasteiger partial charge in [-0.05, 0) is 18.9 Å². The Bertz CT molecular complexity index is 639. The lowest BCUT2D eigenvalue weighted by Gasteiger charge is -2.39. The fraction of sp³-hybridized carbons (Fsp3) is 0.571. The van der Waals surface area contributed by atoms with E-state index in [1.54, 1.807) is 11.3 Å². The molecule has 1 saturated heterocycles. The minimum atomic E-state index is -0.520. The van der Waals surface area contributed by atoms with Gasteiger partial charge in [0.2, 0.25) is 5.91 Å². The Labute approximate surface area is 121 Å². The third kappa shape index (κ3) is 1.46. The predicted molar refractivity (Wildman–Crippen MR) is 76.1 cm³/mol. The first kappa shape index (κ1) is 12.3. The SMILES string of the molecule is C[NH+]1CCc2c(sc3c2C(=O)NC2(C)CCC(=O)N32)C1. The summed E-state index contributed by atoms with van der Waals surface area (Å²) < 4.78 is 0. The van der Waals surface area contributed by atoms with Gasteiger partial charge in [0.1, 0.15) is 17.2 Å². The molecule has 4 heterocycles. The molecule has 3 aliphatic rings. The third-order valence-corrected chi connectivity index (χ3v) is 5.93. The second-order valence-corrected chi connectivity index (χ2v) is 7.36. The first-order valence-corrected chi connectivity index (χ1v) is 7.93. The maximum absolute atomic E-state index is 12.5. The third-order valence-electron chi connectivity index (χ3n) is 4.72. The molecule has 0 saturated carbocycles. The topological polar surface area (TPSA) is 53.9 Å². The lowest BCUT2D eigenvalue weighted by Crippen LogP contribution is -3.08. The fourth-order valence-corrected chi connectivity index (χ4v) is 5.20. The normalized spacial score (nSPS) is 31.7. The zero-order chi connectivity index (χ0) is 14.1. The molecular formula is C14H18N3O2S+. The maximum Gasteiger partial charge on any atom is 0.256 e. The summed E-state index contributed by atoms with van der Waals surface area (Å²) in [5, 5.41) is 3.94. The predicted octanol–water partition coefficient (Wildman–Crippen LogP) is -0.0947. The maximum atomic E-state index is 12.5. The van der Waals surface area contributed by atoms with E-state index in [2.05, 4.69) is 12.4 Å². The number of fused-ring (bicyclic) bond motifs is 5. The fourth-order valence-electron chi connectivity index (χ4n) is 3.61. The summed E-state index contributed by atoms with van der Waals surface area (Å²) in [6.45, 7) is 3.96. The number of thiophene rings is 1. The highest BCUT2D eigenvalue weighted by atomic mass is 32.1. The minimum Gasteiger partial charge on any atom is -0.333 e. The van der Waals surface area contributed by atoms with Crippen LogP contribution in [0.2, 0.25) is 0 Å². The molecule has 6 heteroatoms. The van der Waals surface area contributed by atoms with Crippen LogP contribution < -0.4 is 15.1 Å². The Morgan fingerprint density at radius 2 is 2.15 bits per heavy atom. The van der Waals surface area contributed by atoms with Crippen molar-refractivity contribution in [1.82, 2.24) is 5.32 Å². The van der Waals surface area contributed by atoms with Crippen molar-refractivity contribution < 1.29 is 14.5 Å². The zero-order valence-corrected chi connectivity index (χ0v) is 12.5. The Balaban J connectivity index is 1.91. The molecule has 1 fully saturated rings. The number of amides is 2. The molecular weight excluding hydrogens is 274 g/mol. The van der Waals surface area contributed by atoms with Gasteiger partial charge in [-0.25, -0.2) is 0 Å². The summed E-state index contributed by atoms with van der Waals surface area (Å²) in [6.07, 6.45) is 2.15. The molecule has 4 rings (SSSR count). The molecule has 5 nitrogen and oxygen atoms in total. The van der Waals surface area contributed by atoms with E-state index in [0.717, 1.165) is 30.1 Å². The van der Waals surface area contributed by atoms with Crippen LogP contribution in [0.15, 0.2) is 0 Å². The van der Waals surface area contributed by atoms with E-state index in [-0.39, 0.29) is 11.8 Å². The average Bonchev–Trinajstić information content (AvgIpc) is 2.87. The van der Waals surface area contributed by atoms with Crippen molar-refractivity contribution >= 4 is 28.2 Å². The summed E-state index contributed by atoms with van der Waals surface area (Å²) >= 11 is 1.65. The van der Waals surface area contributed by atoms with Crippen molar-refractivity contribution in [3.05, 3.63) is 16.0 Å². The Kier molecular flexibility index (Phi) is 2.36. The molecule has 2 unspecified atom stereocenters. The van der Waals surface area contributed by atoms with Gasteiger partial charge in [-0.2, -0.15) is 0 Å². The summed E-state index contributed by atoms with van der Waals surface area (Å²) in [4.78, 5) is 29.3. The van der Waals surface area contributed by atoms with Gasteiger partial charge >= 0.3 is 0 Å². The quantitative estimate of drug-likeness (QED) is 0.702. The van der Waals surface area contributed by atoms with E-state index in [1.165, 1.54) is 15.3 Å². The molecule has 0 spiro atoms. The average molecular weight is 292 g/mol. The zero-order valence-electron chi connectivity index (χ0n) is 11.7. The standard InChI is InChI=1S/C14H17N3O2S/c1-14-5-3-10(18)17(14)13-11(12(19)15-14)8-4-6-16(2)7-9(8)20-13/h3-7H2,1-2H3,(H,15,19)/p+1. The van der Waals surface area contributed by atoms with Crippen molar-refractivity contribution in [2.75, 3.05) is 18.5 Å². The number of hydrogen-bond acceptors (Lipinski definition) is 3. The van der Waals surface area contributed by atoms with E-state index in [4.69, 9.17) is 0 Å². The number of rotatable bonds is 0. The van der Waals surface area contributed by atoms with Gasteiger partial charge in [0.25, 0.3) is 5.91 Å². The van der Waals surface area contributed by atoms with Gasteiger partial charge in [0, 0.05) is 12.8 Å². The van der Waals surface area contributed by atoms with Crippen molar-refractivity contribution in [1.29, 1.82) is 0 Å². The van der Waals surface area contributed by atoms with Crippen molar-refractivity contribution in [2.45, 2.75) is 38.4 Å². The lowest BCUT2D eigenvalue weighted by atomic mass is 9.98. The number of nitrogens with zero attached hydrogens (tertiary/aromatic N) is 1. The highest BCUT2D eigenvalue weighted by Gasteiger charge is 2.50. The highest BCUT2D eigenvalue weighted by molar-refractivity contribution is 7.17. The molecule has 0 aliphatic carbocycles. The molecule has 3 aliphatic heterocycles. The van der Waals surface area contributed by atoms with Gasteiger partial charge in [-0.3, -0.25) is 14.5 Å². The summed E-state index contributed by atoms with van der Waals surface area (Å²) in [5.74, 6) is 0.138. The molecule has 1 aromatic rings. The smallest absolute Gasteiger partial charge is 0.256 e. The van der Waals surface area contributed by atoms with Gasteiger partial charge in [-0.1, -0.05) is 0 Å². The largest absolute Gasteiger partial charge is 0.333 e. The molecule has 0 radical (unpaired) electrons. The van der Waals surface area contributed by atoms with E-state index >= 15 is 0 Å². The van der Waals surface area contributed by atoms with Gasteiger partial charge in [0.15, 0.2) is 0 Å². The van der Waals surface area contributed by atoms with E-state index in [9.17, 15) is 9.59 Å². The number of quaternary nitrogens is 1. The number of carbonyl (C=O) groups excluding carboxylic acids is 2. The summed E-state index contributed by atoms with van der Waals surface area (Å²) in [5.41, 5.74) is 1.42. The van der Waals surface area contributed by atoms with Gasteiger partial charge < -0.3 is 10.2 Å². The second kappa shape index (κ2) is 3.83. The highest BCUT2D eigenvalue weighted by Crippen LogP contribution is 2.46. The number of anilines is 1. The van der Waals surface area contributed by atoms with Crippen molar-refractivity contribution in [3.63, 3.8) is 0 Å². The molecule has 2 atom stereocenters. The van der Waals surface area contributed by atoms with E-state index in [1.807, 2.05) is 11.8 Å². The van der Waals surface area contributed by atoms with E-state index < -0.39 is 5.66 Å². The van der Waals surface area contributed by atoms with Crippen molar-refractivity contribution in [3.8, 4) is 0 Å². The molecule has 20 heavy (non-hydrogen) atoms. The van der Waals surface area contributed by atoms with Gasteiger partial charge in [0.05, 0.1) is 24.0 Å². The van der Waals surface area contributed by atoms with E-state index in [0.29, 0.717) is 12.8 Å². The lowest BCUT2D eigenvalue weighted by molar-refractivity contribution is -0.895.